The fraction of sp³-hybridized carbons (Fsp3) is 0.462. The van der Waals surface area contributed by atoms with E-state index in [-0.39, 0.29) is 22.8 Å². The van der Waals surface area contributed by atoms with Crippen LogP contribution >= 0.6 is 23.4 Å². The molecule has 0 aromatic heterocycles. The molecule has 0 spiro atoms. The molecule has 1 aromatic rings. The molecule has 1 atom stereocenters. The van der Waals surface area contributed by atoms with E-state index in [1.165, 1.54) is 23.9 Å². The molecular formula is C13H15ClFNO2S. The molecule has 1 N–H and O–H groups in total. The van der Waals surface area contributed by atoms with Crippen molar-refractivity contribution in [2.45, 2.75) is 23.8 Å². The molecule has 1 heterocycles. The summed E-state index contributed by atoms with van der Waals surface area (Å²) in [5, 5.41) is 2.90. The van der Waals surface area contributed by atoms with E-state index >= 15 is 0 Å². The number of carbonyl (C=O) groups excluding carboxylic acids is 1. The van der Waals surface area contributed by atoms with Crippen molar-refractivity contribution < 1.29 is 13.9 Å². The predicted octanol–water partition coefficient (Wildman–Crippen LogP) is 2.87. The van der Waals surface area contributed by atoms with Gasteiger partial charge in [-0.25, -0.2) is 4.39 Å². The van der Waals surface area contributed by atoms with Crippen molar-refractivity contribution in [1.29, 1.82) is 0 Å². The van der Waals surface area contributed by atoms with Gasteiger partial charge in [0.15, 0.2) is 0 Å². The van der Waals surface area contributed by atoms with Gasteiger partial charge in [-0.05, 0) is 31.0 Å². The predicted molar refractivity (Wildman–Crippen MR) is 74.1 cm³/mol. The molecule has 0 radical (unpaired) electrons. The van der Waals surface area contributed by atoms with Gasteiger partial charge in [0.25, 0.3) is 0 Å². The summed E-state index contributed by atoms with van der Waals surface area (Å²) in [7, 11) is 0. The summed E-state index contributed by atoms with van der Waals surface area (Å²) in [5.41, 5.74) is 0. The molecule has 0 aliphatic carbocycles. The molecule has 19 heavy (non-hydrogen) atoms. The van der Waals surface area contributed by atoms with Crippen molar-refractivity contribution in [2.75, 3.05) is 18.9 Å². The molecule has 1 amide bonds. The van der Waals surface area contributed by atoms with Gasteiger partial charge in [0, 0.05) is 18.0 Å². The van der Waals surface area contributed by atoms with Crippen molar-refractivity contribution >= 4 is 29.3 Å². The van der Waals surface area contributed by atoms with Crippen molar-refractivity contribution in [2.24, 2.45) is 0 Å². The highest BCUT2D eigenvalue weighted by Crippen LogP contribution is 2.23. The van der Waals surface area contributed by atoms with E-state index in [0.29, 0.717) is 6.54 Å². The van der Waals surface area contributed by atoms with Crippen LogP contribution in [-0.2, 0) is 9.53 Å². The number of thioether (sulfide) groups is 1. The van der Waals surface area contributed by atoms with Gasteiger partial charge in [0.2, 0.25) is 5.91 Å². The van der Waals surface area contributed by atoms with E-state index in [9.17, 15) is 9.18 Å². The van der Waals surface area contributed by atoms with Gasteiger partial charge in [0.05, 0.1) is 16.9 Å². The minimum atomic E-state index is -0.450. The lowest BCUT2D eigenvalue weighted by atomic mass is 10.2. The Balaban J connectivity index is 1.71. The highest BCUT2D eigenvalue weighted by atomic mass is 35.5. The van der Waals surface area contributed by atoms with Crippen LogP contribution in [0.2, 0.25) is 5.02 Å². The molecule has 3 nitrogen and oxygen atoms in total. The molecular weight excluding hydrogens is 289 g/mol. The number of halogens is 2. The van der Waals surface area contributed by atoms with Crippen LogP contribution in [0, 0.1) is 5.82 Å². The van der Waals surface area contributed by atoms with Crippen molar-refractivity contribution in [3.05, 3.63) is 29.0 Å². The standard InChI is InChI=1S/C13H15ClFNO2S/c14-11-6-10(3-4-12(11)15)19-8-13(17)16-7-9-2-1-5-18-9/h3-4,6,9H,1-2,5,7-8H2,(H,16,17)/t9-/m1/s1. The molecule has 1 fully saturated rings. The lowest BCUT2D eigenvalue weighted by molar-refractivity contribution is -0.119. The number of carbonyl (C=O) groups is 1. The second-order valence-electron chi connectivity index (χ2n) is 4.30. The number of nitrogens with one attached hydrogen (secondary N) is 1. The van der Waals surface area contributed by atoms with Crippen molar-refractivity contribution in [3.8, 4) is 0 Å². The molecule has 1 saturated heterocycles. The van der Waals surface area contributed by atoms with Gasteiger partial charge in [-0.15, -0.1) is 11.8 Å². The quantitative estimate of drug-likeness (QED) is 0.850. The number of hydrogen-bond donors (Lipinski definition) is 1. The van der Waals surface area contributed by atoms with E-state index in [1.54, 1.807) is 6.07 Å². The molecule has 0 unspecified atom stereocenters. The molecule has 2 rings (SSSR count). The van der Waals surface area contributed by atoms with Crippen LogP contribution in [0.1, 0.15) is 12.8 Å². The summed E-state index contributed by atoms with van der Waals surface area (Å²) < 4.78 is 18.4. The number of rotatable bonds is 5. The van der Waals surface area contributed by atoms with Crippen molar-refractivity contribution in [1.82, 2.24) is 5.32 Å². The van der Waals surface area contributed by atoms with Gasteiger partial charge in [-0.3, -0.25) is 4.79 Å². The van der Waals surface area contributed by atoms with Gasteiger partial charge >= 0.3 is 0 Å². The van der Waals surface area contributed by atoms with E-state index in [2.05, 4.69) is 5.32 Å². The first-order chi connectivity index (χ1) is 9.15. The van der Waals surface area contributed by atoms with Gasteiger partial charge in [-0.1, -0.05) is 11.6 Å². The zero-order valence-corrected chi connectivity index (χ0v) is 11.9. The molecule has 1 aliphatic heterocycles. The summed E-state index contributed by atoms with van der Waals surface area (Å²) in [6, 6.07) is 4.43. The first-order valence-electron chi connectivity index (χ1n) is 6.11. The van der Waals surface area contributed by atoms with Crippen LogP contribution in [0.3, 0.4) is 0 Å². The molecule has 1 aliphatic rings. The zero-order chi connectivity index (χ0) is 13.7. The third-order valence-corrected chi connectivity index (χ3v) is 4.10. The fourth-order valence-electron chi connectivity index (χ4n) is 1.80. The number of benzene rings is 1. The first-order valence-corrected chi connectivity index (χ1v) is 7.47. The highest BCUT2D eigenvalue weighted by molar-refractivity contribution is 8.00. The number of amides is 1. The average molecular weight is 304 g/mol. The molecule has 1 aromatic carbocycles. The number of ether oxygens (including phenoxy) is 1. The third kappa shape index (κ3) is 4.67. The molecule has 6 heteroatoms. The Hall–Kier alpha value is -0.780. The fourth-order valence-corrected chi connectivity index (χ4v) is 2.81. The Morgan fingerprint density at radius 1 is 1.58 bits per heavy atom. The Labute approximate surface area is 120 Å². The van der Waals surface area contributed by atoms with Gasteiger partial charge < -0.3 is 10.1 Å². The Morgan fingerprint density at radius 3 is 3.11 bits per heavy atom. The summed E-state index contributed by atoms with van der Waals surface area (Å²) >= 11 is 7.00. The third-order valence-electron chi connectivity index (χ3n) is 2.81. The molecule has 104 valence electrons. The Bertz CT molecular complexity index is 452. The lowest BCUT2D eigenvalue weighted by Gasteiger charge is -2.10. The van der Waals surface area contributed by atoms with Crippen LogP contribution in [0.5, 0.6) is 0 Å². The van der Waals surface area contributed by atoms with E-state index in [1.807, 2.05) is 0 Å². The summed E-state index contributed by atoms with van der Waals surface area (Å²) in [5.74, 6) is -0.218. The van der Waals surface area contributed by atoms with Crippen LogP contribution in [0.25, 0.3) is 0 Å². The van der Waals surface area contributed by atoms with Crippen LogP contribution < -0.4 is 5.32 Å². The Morgan fingerprint density at radius 2 is 2.42 bits per heavy atom. The van der Waals surface area contributed by atoms with Gasteiger partial charge in [0.1, 0.15) is 5.82 Å². The van der Waals surface area contributed by atoms with Crippen LogP contribution in [0.4, 0.5) is 4.39 Å². The summed E-state index contributed by atoms with van der Waals surface area (Å²) in [4.78, 5) is 12.4. The molecule has 0 bridgehead atoms. The van der Waals surface area contributed by atoms with Crippen LogP contribution in [0.15, 0.2) is 23.1 Å². The lowest BCUT2D eigenvalue weighted by Crippen LogP contribution is -2.32. The minimum Gasteiger partial charge on any atom is -0.376 e. The second kappa shape index (κ2) is 7.12. The Kier molecular flexibility index (Phi) is 5.48. The van der Waals surface area contributed by atoms with E-state index in [0.717, 1.165) is 24.3 Å². The monoisotopic (exact) mass is 303 g/mol. The summed E-state index contributed by atoms with van der Waals surface area (Å²) in [6.45, 7) is 1.34. The zero-order valence-electron chi connectivity index (χ0n) is 10.3. The smallest absolute Gasteiger partial charge is 0.230 e. The normalized spacial score (nSPS) is 18.5. The first kappa shape index (κ1) is 14.6. The minimum absolute atomic E-state index is 0.0547. The highest BCUT2D eigenvalue weighted by Gasteiger charge is 2.16. The average Bonchev–Trinajstić information content (AvgIpc) is 2.91. The maximum absolute atomic E-state index is 13.0. The second-order valence-corrected chi connectivity index (χ2v) is 5.76. The topological polar surface area (TPSA) is 38.3 Å². The van der Waals surface area contributed by atoms with Crippen LogP contribution in [-0.4, -0.2) is 30.9 Å². The SMILES string of the molecule is O=C(CSc1ccc(F)c(Cl)c1)NC[C@H]1CCCO1. The van der Waals surface area contributed by atoms with Gasteiger partial charge in [-0.2, -0.15) is 0 Å². The maximum Gasteiger partial charge on any atom is 0.230 e. The van der Waals surface area contributed by atoms with E-state index < -0.39 is 5.82 Å². The van der Waals surface area contributed by atoms with E-state index in [4.69, 9.17) is 16.3 Å². The largest absolute Gasteiger partial charge is 0.376 e. The van der Waals surface area contributed by atoms with Crippen molar-refractivity contribution in [3.63, 3.8) is 0 Å². The maximum atomic E-state index is 13.0. The number of hydrogen-bond acceptors (Lipinski definition) is 3. The summed E-state index contributed by atoms with van der Waals surface area (Å²) in [6.07, 6.45) is 2.21. The molecule has 0 saturated carbocycles.